The molecule has 17 heavy (non-hydrogen) atoms. The normalized spacial score (nSPS) is 11.5. The number of aromatic nitrogens is 1. The second kappa shape index (κ2) is 6.70. The molecule has 6 heteroatoms. The van der Waals surface area contributed by atoms with Crippen LogP contribution in [0.15, 0.2) is 23.5 Å². The highest BCUT2D eigenvalue weighted by Crippen LogP contribution is 2.16. The first-order valence-electron chi connectivity index (χ1n) is 5.41. The van der Waals surface area contributed by atoms with Crippen LogP contribution in [0.1, 0.15) is 12.5 Å². The van der Waals surface area contributed by atoms with Crippen molar-refractivity contribution < 1.29 is 9.94 Å². The molecular formula is C11H18N4O2. The van der Waals surface area contributed by atoms with Crippen LogP contribution >= 0.6 is 0 Å². The molecule has 0 fully saturated rings. The fraction of sp³-hybridized carbons (Fsp3) is 0.455. The Balaban J connectivity index is 3.01. The van der Waals surface area contributed by atoms with Gasteiger partial charge in [0.25, 0.3) is 0 Å². The molecule has 0 aliphatic rings. The first-order chi connectivity index (χ1) is 8.24. The minimum Gasteiger partial charge on any atom is -0.409 e. The summed E-state index contributed by atoms with van der Waals surface area (Å²) in [7, 11) is 1.65. The third kappa shape index (κ3) is 3.32. The maximum Gasteiger partial charge on any atom is 0.173 e. The second-order valence-electron chi connectivity index (χ2n) is 3.43. The number of methoxy groups -OCH3 is 1. The Labute approximate surface area is 101 Å². The summed E-state index contributed by atoms with van der Waals surface area (Å²) in [6, 6.07) is 3.52. The van der Waals surface area contributed by atoms with Crippen molar-refractivity contribution in [3.8, 4) is 0 Å². The number of likely N-dealkylation sites (N-methyl/N-ethyl adjacent to an activating group) is 1. The molecule has 1 aromatic rings. The van der Waals surface area contributed by atoms with Gasteiger partial charge in [-0.2, -0.15) is 0 Å². The van der Waals surface area contributed by atoms with Crippen molar-refractivity contribution in [2.24, 2.45) is 10.9 Å². The fourth-order valence-corrected chi connectivity index (χ4v) is 1.52. The summed E-state index contributed by atoms with van der Waals surface area (Å²) in [4.78, 5) is 6.28. The minimum absolute atomic E-state index is 0.0592. The average Bonchev–Trinajstić information content (AvgIpc) is 2.39. The summed E-state index contributed by atoms with van der Waals surface area (Å²) in [5.41, 5.74) is 6.24. The van der Waals surface area contributed by atoms with E-state index in [1.54, 1.807) is 25.4 Å². The summed E-state index contributed by atoms with van der Waals surface area (Å²) >= 11 is 0. The van der Waals surface area contributed by atoms with Gasteiger partial charge in [-0.15, -0.1) is 0 Å². The summed E-state index contributed by atoms with van der Waals surface area (Å²) in [6.45, 7) is 4.09. The van der Waals surface area contributed by atoms with Gasteiger partial charge in [-0.05, 0) is 19.1 Å². The number of pyridine rings is 1. The van der Waals surface area contributed by atoms with Gasteiger partial charge in [0.15, 0.2) is 5.84 Å². The lowest BCUT2D eigenvalue weighted by Gasteiger charge is -2.23. The number of nitrogens with zero attached hydrogens (tertiary/aromatic N) is 3. The lowest BCUT2D eigenvalue weighted by atomic mass is 10.2. The van der Waals surface area contributed by atoms with E-state index in [1.807, 2.05) is 11.8 Å². The molecule has 0 atom stereocenters. The topological polar surface area (TPSA) is 84.0 Å². The number of nitrogens with two attached hydrogens (primary N) is 1. The van der Waals surface area contributed by atoms with Gasteiger partial charge in [0.1, 0.15) is 5.82 Å². The van der Waals surface area contributed by atoms with E-state index in [0.717, 1.165) is 6.54 Å². The Morgan fingerprint density at radius 1 is 1.65 bits per heavy atom. The molecule has 0 amide bonds. The third-order valence-corrected chi connectivity index (χ3v) is 2.42. The van der Waals surface area contributed by atoms with Gasteiger partial charge >= 0.3 is 0 Å². The maximum absolute atomic E-state index is 8.74. The first-order valence-corrected chi connectivity index (χ1v) is 5.41. The largest absolute Gasteiger partial charge is 0.409 e. The molecule has 0 saturated heterocycles. The van der Waals surface area contributed by atoms with Crippen LogP contribution in [0.2, 0.25) is 0 Å². The molecule has 94 valence electrons. The molecule has 0 saturated carbocycles. The van der Waals surface area contributed by atoms with Crippen LogP contribution in [0.4, 0.5) is 5.82 Å². The Kier molecular flexibility index (Phi) is 5.22. The van der Waals surface area contributed by atoms with Crippen LogP contribution in [0.25, 0.3) is 0 Å². The predicted octanol–water partition coefficient (Wildman–Crippen LogP) is 0.649. The Hall–Kier alpha value is -1.82. The maximum atomic E-state index is 8.74. The Morgan fingerprint density at radius 3 is 3.00 bits per heavy atom. The predicted molar refractivity (Wildman–Crippen MR) is 66.5 cm³/mol. The fourth-order valence-electron chi connectivity index (χ4n) is 1.52. The second-order valence-corrected chi connectivity index (χ2v) is 3.43. The standard InChI is InChI=1S/C11H18N4O2/c1-3-15(7-8-17-2)11-9(10(12)14-16)5-4-6-13-11/h4-6,16H,3,7-8H2,1-2H3,(H2,12,14). The number of ether oxygens (including phenoxy) is 1. The van der Waals surface area contributed by atoms with Crippen molar-refractivity contribution in [1.82, 2.24) is 4.98 Å². The molecule has 1 aromatic heterocycles. The van der Waals surface area contributed by atoms with Gasteiger partial charge in [-0.1, -0.05) is 5.16 Å². The molecule has 0 bridgehead atoms. The van der Waals surface area contributed by atoms with E-state index in [0.29, 0.717) is 24.5 Å². The van der Waals surface area contributed by atoms with Crippen LogP contribution in [0, 0.1) is 0 Å². The zero-order valence-electron chi connectivity index (χ0n) is 10.1. The molecular weight excluding hydrogens is 220 g/mol. The van der Waals surface area contributed by atoms with E-state index in [2.05, 4.69) is 10.1 Å². The number of oxime groups is 1. The molecule has 0 aromatic carbocycles. The zero-order chi connectivity index (χ0) is 12.7. The van der Waals surface area contributed by atoms with Gasteiger partial charge in [0, 0.05) is 26.4 Å². The highest BCUT2D eigenvalue weighted by Gasteiger charge is 2.13. The molecule has 0 spiro atoms. The Morgan fingerprint density at radius 2 is 2.41 bits per heavy atom. The van der Waals surface area contributed by atoms with E-state index in [9.17, 15) is 0 Å². The van der Waals surface area contributed by atoms with Crippen LogP contribution in [-0.2, 0) is 4.74 Å². The van der Waals surface area contributed by atoms with E-state index in [-0.39, 0.29) is 5.84 Å². The molecule has 3 N–H and O–H groups in total. The molecule has 1 rings (SSSR count). The summed E-state index contributed by atoms with van der Waals surface area (Å²) in [5.74, 6) is 0.756. The molecule has 1 heterocycles. The van der Waals surface area contributed by atoms with Crippen molar-refractivity contribution in [1.29, 1.82) is 0 Å². The number of anilines is 1. The molecule has 0 unspecified atom stereocenters. The van der Waals surface area contributed by atoms with Crippen LogP contribution in [-0.4, -0.2) is 42.8 Å². The lowest BCUT2D eigenvalue weighted by molar-refractivity contribution is 0.205. The number of hydrogen-bond acceptors (Lipinski definition) is 5. The summed E-state index contributed by atoms with van der Waals surface area (Å²) < 4.78 is 5.04. The van der Waals surface area contributed by atoms with Crippen LogP contribution in [0.5, 0.6) is 0 Å². The molecule has 0 radical (unpaired) electrons. The van der Waals surface area contributed by atoms with Crippen LogP contribution < -0.4 is 10.6 Å². The molecule has 0 aliphatic heterocycles. The highest BCUT2D eigenvalue weighted by molar-refractivity contribution is 6.01. The van der Waals surface area contributed by atoms with E-state index in [4.69, 9.17) is 15.7 Å². The van der Waals surface area contributed by atoms with Gasteiger partial charge in [0.05, 0.1) is 12.2 Å². The van der Waals surface area contributed by atoms with Gasteiger partial charge < -0.3 is 20.6 Å². The minimum atomic E-state index is 0.0592. The quantitative estimate of drug-likeness (QED) is 0.329. The third-order valence-electron chi connectivity index (χ3n) is 2.42. The summed E-state index contributed by atoms with van der Waals surface area (Å²) in [6.07, 6.45) is 1.68. The zero-order valence-corrected chi connectivity index (χ0v) is 10.1. The molecule has 0 aliphatic carbocycles. The van der Waals surface area contributed by atoms with E-state index in [1.165, 1.54) is 0 Å². The molecule has 6 nitrogen and oxygen atoms in total. The van der Waals surface area contributed by atoms with Gasteiger partial charge in [-0.25, -0.2) is 4.98 Å². The van der Waals surface area contributed by atoms with Gasteiger partial charge in [0.2, 0.25) is 0 Å². The number of amidine groups is 1. The Bertz CT molecular complexity index is 381. The average molecular weight is 238 g/mol. The van der Waals surface area contributed by atoms with Crippen molar-refractivity contribution in [3.05, 3.63) is 23.9 Å². The monoisotopic (exact) mass is 238 g/mol. The van der Waals surface area contributed by atoms with Crippen molar-refractivity contribution >= 4 is 11.7 Å². The van der Waals surface area contributed by atoms with Crippen molar-refractivity contribution in [2.45, 2.75) is 6.92 Å². The highest BCUT2D eigenvalue weighted by atomic mass is 16.5. The first kappa shape index (κ1) is 13.2. The van der Waals surface area contributed by atoms with Gasteiger partial charge in [-0.3, -0.25) is 0 Å². The van der Waals surface area contributed by atoms with E-state index < -0.39 is 0 Å². The smallest absolute Gasteiger partial charge is 0.173 e. The van der Waals surface area contributed by atoms with Crippen molar-refractivity contribution in [2.75, 3.05) is 31.7 Å². The SMILES string of the molecule is CCN(CCOC)c1ncccc1/C(N)=N/O. The lowest BCUT2D eigenvalue weighted by Crippen LogP contribution is -2.30. The van der Waals surface area contributed by atoms with E-state index >= 15 is 0 Å². The van der Waals surface area contributed by atoms with Crippen LogP contribution in [0.3, 0.4) is 0 Å². The number of rotatable bonds is 6. The summed E-state index contributed by atoms with van der Waals surface area (Å²) in [5, 5.41) is 11.7. The number of hydrogen-bond donors (Lipinski definition) is 2. The van der Waals surface area contributed by atoms with Crippen molar-refractivity contribution in [3.63, 3.8) is 0 Å².